The van der Waals surface area contributed by atoms with Crippen molar-refractivity contribution in [3.8, 4) is 6.07 Å². The first-order chi connectivity index (χ1) is 12.8. The Kier molecular flexibility index (Phi) is 6.87. The lowest BCUT2D eigenvalue weighted by Crippen LogP contribution is -2.56. The average Bonchev–Trinajstić information content (AvgIpc) is 2.62. The predicted molar refractivity (Wildman–Crippen MR) is 109 cm³/mol. The van der Waals surface area contributed by atoms with Gasteiger partial charge in [0.25, 0.3) is 0 Å². The molecule has 4 nitrogen and oxygen atoms in total. The van der Waals surface area contributed by atoms with Crippen molar-refractivity contribution in [2.45, 2.75) is 45.3 Å². The lowest BCUT2D eigenvalue weighted by atomic mass is 9.72. The summed E-state index contributed by atoms with van der Waals surface area (Å²) in [5.41, 5.74) is 0.203. The minimum atomic E-state index is -1.26. The Labute approximate surface area is 166 Å². The molecule has 2 atom stereocenters. The molecule has 0 spiro atoms. The van der Waals surface area contributed by atoms with Gasteiger partial charge < -0.3 is 10.1 Å². The largest absolute Gasteiger partial charge is 0.461 e. The van der Waals surface area contributed by atoms with Crippen LogP contribution in [0, 0.1) is 17.2 Å². The summed E-state index contributed by atoms with van der Waals surface area (Å²) in [5, 5.41) is 14.0. The molecule has 0 heterocycles. The molecule has 0 saturated heterocycles. The molecule has 0 aliphatic carbocycles. The number of halogens is 1. The maximum atomic E-state index is 13.3. The summed E-state index contributed by atoms with van der Waals surface area (Å²) in [6.07, 6.45) is -0.294. The van der Waals surface area contributed by atoms with Crippen molar-refractivity contribution in [2.24, 2.45) is 5.92 Å². The SMILES string of the molecule is CC(C)OC(=O)C(Nc1ccccc1)(C(C)C)C(C#N)c1ccc(Cl)cc1. The Hall–Kier alpha value is -2.51. The summed E-state index contributed by atoms with van der Waals surface area (Å²) in [5.74, 6) is -1.43. The smallest absolute Gasteiger partial charge is 0.334 e. The molecule has 2 aromatic carbocycles. The van der Waals surface area contributed by atoms with Gasteiger partial charge in [-0.2, -0.15) is 5.26 Å². The number of nitrogens with one attached hydrogen (secondary N) is 1. The van der Waals surface area contributed by atoms with Crippen LogP contribution in [-0.4, -0.2) is 17.6 Å². The molecule has 0 bridgehead atoms. The van der Waals surface area contributed by atoms with E-state index in [2.05, 4.69) is 11.4 Å². The van der Waals surface area contributed by atoms with Crippen LogP contribution in [0.4, 0.5) is 5.69 Å². The lowest BCUT2D eigenvalue weighted by molar-refractivity contribution is -0.155. The number of nitriles is 1. The Morgan fingerprint density at radius 1 is 1.07 bits per heavy atom. The van der Waals surface area contributed by atoms with Crippen molar-refractivity contribution < 1.29 is 9.53 Å². The number of esters is 1. The van der Waals surface area contributed by atoms with Crippen LogP contribution in [0.3, 0.4) is 0 Å². The Morgan fingerprint density at radius 2 is 1.67 bits per heavy atom. The molecule has 142 valence electrons. The lowest BCUT2D eigenvalue weighted by Gasteiger charge is -2.40. The first-order valence-corrected chi connectivity index (χ1v) is 9.38. The van der Waals surface area contributed by atoms with Gasteiger partial charge >= 0.3 is 5.97 Å². The molecule has 0 aromatic heterocycles. The number of benzene rings is 2. The van der Waals surface area contributed by atoms with E-state index in [0.717, 1.165) is 5.69 Å². The third kappa shape index (κ3) is 4.61. The van der Waals surface area contributed by atoms with Gasteiger partial charge in [0.15, 0.2) is 5.54 Å². The van der Waals surface area contributed by atoms with Gasteiger partial charge in [-0.25, -0.2) is 4.79 Å². The van der Waals surface area contributed by atoms with Crippen molar-refractivity contribution in [3.05, 3.63) is 65.2 Å². The molecule has 0 amide bonds. The Morgan fingerprint density at radius 3 is 2.15 bits per heavy atom. The van der Waals surface area contributed by atoms with E-state index in [1.54, 1.807) is 38.1 Å². The molecule has 5 heteroatoms. The van der Waals surface area contributed by atoms with Crippen LogP contribution in [0.2, 0.25) is 5.02 Å². The molecule has 2 aromatic rings. The van der Waals surface area contributed by atoms with E-state index in [0.29, 0.717) is 10.6 Å². The minimum Gasteiger partial charge on any atom is -0.461 e. The second-order valence-electron chi connectivity index (χ2n) is 7.08. The highest BCUT2D eigenvalue weighted by molar-refractivity contribution is 6.30. The number of nitrogens with zero attached hydrogens (tertiary/aromatic N) is 1. The maximum absolute atomic E-state index is 13.3. The van der Waals surface area contributed by atoms with Gasteiger partial charge in [-0.15, -0.1) is 0 Å². The molecule has 0 radical (unpaired) electrons. The van der Waals surface area contributed by atoms with E-state index < -0.39 is 17.4 Å². The number of hydrogen-bond donors (Lipinski definition) is 1. The zero-order chi connectivity index (χ0) is 20.0. The third-order valence-electron chi connectivity index (χ3n) is 4.50. The second kappa shape index (κ2) is 8.92. The number of rotatable bonds is 7. The standard InChI is InChI=1S/C22H25ClN2O2/c1-15(2)22(21(26)27-16(3)4,25-19-8-6-5-7-9-19)20(14-24)17-10-12-18(23)13-11-17/h5-13,15-16,20,25H,1-4H3. The van der Waals surface area contributed by atoms with Crippen LogP contribution >= 0.6 is 11.6 Å². The number of ether oxygens (including phenoxy) is 1. The van der Waals surface area contributed by atoms with Gasteiger partial charge in [0.1, 0.15) is 5.92 Å². The van der Waals surface area contributed by atoms with E-state index in [-0.39, 0.29) is 12.0 Å². The monoisotopic (exact) mass is 384 g/mol. The highest BCUT2D eigenvalue weighted by atomic mass is 35.5. The molecule has 2 rings (SSSR count). The fourth-order valence-electron chi connectivity index (χ4n) is 3.12. The van der Waals surface area contributed by atoms with Gasteiger partial charge in [0, 0.05) is 10.7 Å². The summed E-state index contributed by atoms with van der Waals surface area (Å²) in [6, 6.07) is 18.7. The van der Waals surface area contributed by atoms with Crippen LogP contribution < -0.4 is 5.32 Å². The minimum absolute atomic E-state index is 0.218. The topological polar surface area (TPSA) is 62.1 Å². The Bertz CT molecular complexity index is 797. The van der Waals surface area contributed by atoms with Crippen LogP contribution in [0.15, 0.2) is 54.6 Å². The normalized spacial score (nSPS) is 14.3. The van der Waals surface area contributed by atoms with Crippen LogP contribution in [-0.2, 0) is 9.53 Å². The van der Waals surface area contributed by atoms with Gasteiger partial charge in [0.05, 0.1) is 12.2 Å². The van der Waals surface area contributed by atoms with Gasteiger partial charge in [0.2, 0.25) is 0 Å². The van der Waals surface area contributed by atoms with Crippen molar-refractivity contribution in [1.29, 1.82) is 5.26 Å². The summed E-state index contributed by atoms with van der Waals surface area (Å²) >= 11 is 6.01. The number of para-hydroxylation sites is 1. The van der Waals surface area contributed by atoms with Gasteiger partial charge in [-0.3, -0.25) is 0 Å². The highest BCUT2D eigenvalue weighted by Gasteiger charge is 2.51. The fourth-order valence-corrected chi connectivity index (χ4v) is 3.25. The van der Waals surface area contributed by atoms with E-state index in [1.165, 1.54) is 0 Å². The molecular formula is C22H25ClN2O2. The number of carbonyl (C=O) groups is 1. The average molecular weight is 385 g/mol. The summed E-state index contributed by atoms with van der Waals surface area (Å²) in [7, 11) is 0. The first kappa shape index (κ1) is 20.8. The molecule has 0 fully saturated rings. The zero-order valence-electron chi connectivity index (χ0n) is 16.1. The van der Waals surface area contributed by atoms with E-state index in [4.69, 9.17) is 16.3 Å². The van der Waals surface area contributed by atoms with E-state index >= 15 is 0 Å². The molecule has 27 heavy (non-hydrogen) atoms. The van der Waals surface area contributed by atoms with Gasteiger partial charge in [-0.1, -0.05) is 55.8 Å². The van der Waals surface area contributed by atoms with Crippen molar-refractivity contribution in [1.82, 2.24) is 0 Å². The van der Waals surface area contributed by atoms with Crippen LogP contribution in [0.5, 0.6) is 0 Å². The number of carbonyl (C=O) groups excluding carboxylic acids is 1. The van der Waals surface area contributed by atoms with Crippen molar-refractivity contribution >= 4 is 23.3 Å². The van der Waals surface area contributed by atoms with Crippen LogP contribution in [0.1, 0.15) is 39.2 Å². The van der Waals surface area contributed by atoms with Crippen molar-refractivity contribution in [2.75, 3.05) is 5.32 Å². The first-order valence-electron chi connectivity index (χ1n) is 9.00. The molecule has 0 aliphatic rings. The molecule has 0 saturated carbocycles. The maximum Gasteiger partial charge on any atom is 0.334 e. The molecule has 2 unspecified atom stereocenters. The van der Waals surface area contributed by atoms with E-state index in [9.17, 15) is 10.1 Å². The zero-order valence-corrected chi connectivity index (χ0v) is 16.8. The fraction of sp³-hybridized carbons (Fsp3) is 0.364. The van der Waals surface area contributed by atoms with Crippen molar-refractivity contribution in [3.63, 3.8) is 0 Å². The quantitative estimate of drug-likeness (QED) is 0.648. The highest BCUT2D eigenvalue weighted by Crippen LogP contribution is 2.39. The Balaban J connectivity index is 2.62. The predicted octanol–water partition coefficient (Wildman–Crippen LogP) is 5.41. The van der Waals surface area contributed by atoms with Gasteiger partial charge in [-0.05, 0) is 49.6 Å². The van der Waals surface area contributed by atoms with Crippen LogP contribution in [0.25, 0.3) is 0 Å². The summed E-state index contributed by atoms with van der Waals surface area (Å²) in [6.45, 7) is 7.43. The summed E-state index contributed by atoms with van der Waals surface area (Å²) < 4.78 is 5.60. The van der Waals surface area contributed by atoms with E-state index in [1.807, 2.05) is 44.2 Å². The molecular weight excluding hydrogens is 360 g/mol. The molecule has 0 aliphatic heterocycles. The molecule has 1 N–H and O–H groups in total. The number of anilines is 1. The second-order valence-corrected chi connectivity index (χ2v) is 7.52. The third-order valence-corrected chi connectivity index (χ3v) is 4.76. The number of hydrogen-bond acceptors (Lipinski definition) is 4. The summed E-state index contributed by atoms with van der Waals surface area (Å²) in [4.78, 5) is 13.3.